The van der Waals surface area contributed by atoms with E-state index in [9.17, 15) is 14.7 Å². The molecule has 0 radical (unpaired) electrons. The highest BCUT2D eigenvalue weighted by Crippen LogP contribution is 1.93. The fraction of sp³-hybridized carbons (Fsp3) is 0.818. The quantitative estimate of drug-likeness (QED) is 0.374. The molecule has 0 bridgehead atoms. The molecule has 0 spiro atoms. The minimum absolute atomic E-state index is 0.0258. The molecule has 6 heteroatoms. The first-order chi connectivity index (χ1) is 8.10. The average molecular weight is 246 g/mol. The van der Waals surface area contributed by atoms with Crippen molar-refractivity contribution < 1.29 is 19.4 Å². The molecule has 1 unspecified atom stereocenters. The van der Waals surface area contributed by atoms with E-state index in [1.807, 2.05) is 6.92 Å². The first-order valence-electron chi connectivity index (χ1n) is 5.91. The van der Waals surface area contributed by atoms with Crippen molar-refractivity contribution in [1.29, 1.82) is 0 Å². The first-order valence-corrected chi connectivity index (χ1v) is 5.91. The zero-order valence-corrected chi connectivity index (χ0v) is 10.5. The zero-order valence-electron chi connectivity index (χ0n) is 10.5. The van der Waals surface area contributed by atoms with E-state index in [0.29, 0.717) is 26.1 Å². The van der Waals surface area contributed by atoms with Gasteiger partial charge >= 0.3 is 5.97 Å². The fourth-order valence-corrected chi connectivity index (χ4v) is 1.24. The number of carbonyl (C=O) groups is 2. The number of hydrogen-bond donors (Lipinski definition) is 3. The summed E-state index contributed by atoms with van der Waals surface area (Å²) in [6.07, 6.45) is -0.439. The Bertz CT molecular complexity index is 234. The standard InChI is InChI=1S/C11H22N2O4/c1-3-13-10(15)5-6-12-8-9(14)7-11(16)17-4-2/h9,12,14H,3-8H2,1-2H3,(H,13,15). The third-order valence-electron chi connectivity index (χ3n) is 1.99. The lowest BCUT2D eigenvalue weighted by Crippen LogP contribution is -2.32. The number of ether oxygens (including phenoxy) is 1. The van der Waals surface area contributed by atoms with Gasteiger partial charge in [0.1, 0.15) is 0 Å². The Balaban J connectivity index is 3.47. The van der Waals surface area contributed by atoms with Crippen LogP contribution < -0.4 is 10.6 Å². The predicted octanol–water partition coefficient (Wildman–Crippen LogP) is -0.584. The molecule has 0 saturated heterocycles. The topological polar surface area (TPSA) is 87.7 Å². The van der Waals surface area contributed by atoms with Crippen LogP contribution in [0.2, 0.25) is 0 Å². The van der Waals surface area contributed by atoms with Gasteiger partial charge in [0.05, 0.1) is 19.1 Å². The number of aliphatic hydroxyl groups is 1. The highest BCUT2D eigenvalue weighted by atomic mass is 16.5. The molecule has 1 atom stereocenters. The maximum absolute atomic E-state index is 11.1. The van der Waals surface area contributed by atoms with E-state index in [0.717, 1.165) is 0 Å². The van der Waals surface area contributed by atoms with Gasteiger partial charge in [0.15, 0.2) is 0 Å². The summed E-state index contributed by atoms with van der Waals surface area (Å²) in [5.74, 6) is -0.439. The van der Waals surface area contributed by atoms with Crippen molar-refractivity contribution in [1.82, 2.24) is 10.6 Å². The molecule has 0 aromatic heterocycles. The first kappa shape index (κ1) is 15.9. The van der Waals surface area contributed by atoms with Crippen LogP contribution in [-0.2, 0) is 14.3 Å². The summed E-state index contributed by atoms with van der Waals surface area (Å²) < 4.78 is 4.70. The van der Waals surface area contributed by atoms with E-state index in [1.54, 1.807) is 6.92 Å². The Kier molecular flexibility index (Phi) is 9.37. The van der Waals surface area contributed by atoms with Crippen molar-refractivity contribution in [2.75, 3.05) is 26.2 Å². The van der Waals surface area contributed by atoms with Crippen LogP contribution in [0.1, 0.15) is 26.7 Å². The Morgan fingerprint density at radius 2 is 2.06 bits per heavy atom. The summed E-state index contributed by atoms with van der Waals surface area (Å²) in [5.41, 5.74) is 0. The lowest BCUT2D eigenvalue weighted by molar-refractivity contribution is -0.145. The summed E-state index contributed by atoms with van der Waals surface area (Å²) in [4.78, 5) is 22.1. The Morgan fingerprint density at radius 1 is 1.35 bits per heavy atom. The van der Waals surface area contributed by atoms with E-state index in [4.69, 9.17) is 4.74 Å². The third kappa shape index (κ3) is 9.77. The molecule has 6 nitrogen and oxygen atoms in total. The van der Waals surface area contributed by atoms with Gasteiger partial charge < -0.3 is 20.5 Å². The van der Waals surface area contributed by atoms with Crippen LogP contribution in [0.5, 0.6) is 0 Å². The minimum atomic E-state index is -0.775. The van der Waals surface area contributed by atoms with Gasteiger partial charge in [0.25, 0.3) is 0 Å². The van der Waals surface area contributed by atoms with Gasteiger partial charge in [-0.3, -0.25) is 9.59 Å². The van der Waals surface area contributed by atoms with E-state index in [1.165, 1.54) is 0 Å². The molecule has 0 aliphatic rings. The van der Waals surface area contributed by atoms with Crippen LogP contribution in [0.15, 0.2) is 0 Å². The highest BCUT2D eigenvalue weighted by molar-refractivity contribution is 5.75. The Labute approximate surface area is 102 Å². The molecular formula is C11H22N2O4. The molecule has 0 aliphatic carbocycles. The normalized spacial score (nSPS) is 11.9. The molecule has 3 N–H and O–H groups in total. The lowest BCUT2D eigenvalue weighted by Gasteiger charge is -2.10. The predicted molar refractivity (Wildman–Crippen MR) is 63.4 cm³/mol. The number of carbonyl (C=O) groups excluding carboxylic acids is 2. The van der Waals surface area contributed by atoms with Crippen molar-refractivity contribution >= 4 is 11.9 Å². The van der Waals surface area contributed by atoms with Gasteiger partial charge in [-0.1, -0.05) is 0 Å². The van der Waals surface area contributed by atoms with E-state index < -0.39 is 12.1 Å². The molecule has 0 rings (SSSR count). The number of amides is 1. The fourth-order valence-electron chi connectivity index (χ4n) is 1.24. The molecule has 0 aliphatic heterocycles. The molecule has 0 aromatic carbocycles. The SMILES string of the molecule is CCNC(=O)CCNCC(O)CC(=O)OCC. The summed E-state index contributed by atoms with van der Waals surface area (Å²) in [5, 5.41) is 15.0. The van der Waals surface area contributed by atoms with E-state index in [2.05, 4.69) is 10.6 Å². The van der Waals surface area contributed by atoms with Crippen molar-refractivity contribution in [2.24, 2.45) is 0 Å². The van der Waals surface area contributed by atoms with Gasteiger partial charge in [-0.15, -0.1) is 0 Å². The van der Waals surface area contributed by atoms with E-state index >= 15 is 0 Å². The number of aliphatic hydroxyl groups excluding tert-OH is 1. The van der Waals surface area contributed by atoms with Gasteiger partial charge in [-0.25, -0.2) is 0 Å². The second-order valence-corrected chi connectivity index (χ2v) is 3.57. The van der Waals surface area contributed by atoms with Gasteiger partial charge in [-0.2, -0.15) is 0 Å². The number of hydrogen-bond acceptors (Lipinski definition) is 5. The Morgan fingerprint density at radius 3 is 2.65 bits per heavy atom. The van der Waals surface area contributed by atoms with E-state index in [-0.39, 0.29) is 18.9 Å². The van der Waals surface area contributed by atoms with Crippen LogP contribution in [0, 0.1) is 0 Å². The van der Waals surface area contributed by atoms with Gasteiger partial charge in [0.2, 0.25) is 5.91 Å². The van der Waals surface area contributed by atoms with Crippen molar-refractivity contribution in [3.8, 4) is 0 Å². The van der Waals surface area contributed by atoms with Crippen molar-refractivity contribution in [3.63, 3.8) is 0 Å². The van der Waals surface area contributed by atoms with Crippen molar-refractivity contribution in [3.05, 3.63) is 0 Å². The zero-order chi connectivity index (χ0) is 13.1. The van der Waals surface area contributed by atoms with Crippen LogP contribution in [0.25, 0.3) is 0 Å². The lowest BCUT2D eigenvalue weighted by atomic mass is 10.2. The average Bonchev–Trinajstić information content (AvgIpc) is 2.25. The Hall–Kier alpha value is -1.14. The molecule has 100 valence electrons. The van der Waals surface area contributed by atoms with Gasteiger partial charge in [0, 0.05) is 26.1 Å². The molecule has 0 heterocycles. The van der Waals surface area contributed by atoms with Crippen LogP contribution >= 0.6 is 0 Å². The summed E-state index contributed by atoms with van der Waals surface area (Å²) >= 11 is 0. The maximum Gasteiger partial charge on any atom is 0.308 e. The number of nitrogens with one attached hydrogen (secondary N) is 2. The van der Waals surface area contributed by atoms with Crippen LogP contribution in [-0.4, -0.2) is 49.3 Å². The smallest absolute Gasteiger partial charge is 0.308 e. The third-order valence-corrected chi connectivity index (χ3v) is 1.99. The number of rotatable bonds is 9. The highest BCUT2D eigenvalue weighted by Gasteiger charge is 2.11. The van der Waals surface area contributed by atoms with Crippen LogP contribution in [0.4, 0.5) is 0 Å². The van der Waals surface area contributed by atoms with Crippen molar-refractivity contribution in [2.45, 2.75) is 32.8 Å². The maximum atomic E-state index is 11.1. The summed E-state index contributed by atoms with van der Waals surface area (Å²) in [7, 11) is 0. The largest absolute Gasteiger partial charge is 0.466 e. The van der Waals surface area contributed by atoms with Gasteiger partial charge in [-0.05, 0) is 13.8 Å². The monoisotopic (exact) mass is 246 g/mol. The van der Waals surface area contributed by atoms with Crippen LogP contribution in [0.3, 0.4) is 0 Å². The molecular weight excluding hydrogens is 224 g/mol. The summed E-state index contributed by atoms with van der Waals surface area (Å²) in [6, 6.07) is 0. The minimum Gasteiger partial charge on any atom is -0.466 e. The molecule has 0 saturated carbocycles. The second kappa shape index (κ2) is 10.0. The molecule has 0 fully saturated rings. The molecule has 0 aromatic rings. The second-order valence-electron chi connectivity index (χ2n) is 3.57. The molecule has 17 heavy (non-hydrogen) atoms. The summed E-state index contributed by atoms with van der Waals surface area (Å²) in [6.45, 7) is 5.26. The number of esters is 1. The molecule has 1 amide bonds.